The fraction of sp³-hybridized carbons (Fsp3) is 0.625. The van der Waals surface area contributed by atoms with E-state index in [-0.39, 0.29) is 5.02 Å². The van der Waals surface area contributed by atoms with E-state index in [0.717, 1.165) is 12.8 Å². The molecule has 1 N–H and O–H groups in total. The van der Waals surface area contributed by atoms with Gasteiger partial charge in [0.15, 0.2) is 0 Å². The van der Waals surface area contributed by atoms with E-state index in [9.17, 15) is 9.50 Å². The molecule has 0 spiro atoms. The fourth-order valence-electron chi connectivity index (χ4n) is 3.87. The molecular formula is C16H21ClFNO. The molecule has 2 bridgehead atoms. The van der Waals surface area contributed by atoms with E-state index >= 15 is 0 Å². The van der Waals surface area contributed by atoms with Crippen LogP contribution in [0.5, 0.6) is 0 Å². The van der Waals surface area contributed by atoms with Crippen LogP contribution in [0.1, 0.15) is 31.2 Å². The molecule has 20 heavy (non-hydrogen) atoms. The van der Waals surface area contributed by atoms with Crippen molar-refractivity contribution in [3.05, 3.63) is 34.6 Å². The summed E-state index contributed by atoms with van der Waals surface area (Å²) in [6.45, 7) is 0. The summed E-state index contributed by atoms with van der Waals surface area (Å²) in [7, 11) is 2.19. The van der Waals surface area contributed by atoms with Crippen LogP contribution in [0.2, 0.25) is 5.02 Å². The Labute approximate surface area is 124 Å². The van der Waals surface area contributed by atoms with Crippen LogP contribution in [0.4, 0.5) is 4.39 Å². The molecule has 1 aromatic rings. The Hall–Kier alpha value is -0.640. The summed E-state index contributed by atoms with van der Waals surface area (Å²) in [6.07, 6.45) is 4.59. The summed E-state index contributed by atoms with van der Waals surface area (Å²) < 4.78 is 13.4. The molecule has 3 rings (SSSR count). The van der Waals surface area contributed by atoms with Gasteiger partial charge in [0.2, 0.25) is 0 Å². The molecule has 3 atom stereocenters. The second-order valence-corrected chi connectivity index (χ2v) is 6.64. The number of nitrogens with zero attached hydrogens (tertiary/aromatic N) is 1. The van der Waals surface area contributed by atoms with Crippen LogP contribution in [0.25, 0.3) is 0 Å². The number of hydrogen-bond acceptors (Lipinski definition) is 2. The molecule has 2 heterocycles. The van der Waals surface area contributed by atoms with Gasteiger partial charge in [-0.25, -0.2) is 4.39 Å². The molecule has 0 saturated carbocycles. The molecule has 2 aliphatic heterocycles. The summed E-state index contributed by atoms with van der Waals surface area (Å²) in [4.78, 5) is 2.46. The van der Waals surface area contributed by atoms with Crippen molar-refractivity contribution in [2.75, 3.05) is 7.05 Å². The highest BCUT2D eigenvalue weighted by atomic mass is 35.5. The maximum Gasteiger partial charge on any atom is 0.142 e. The standard InChI is InChI=1S/C16H21ClFNO/c1-19-12-5-6-13(19)8-11(7-12)15(20)9-10-3-2-4-14(18)16(10)17/h2-4,11-13,15,20H,5-9H2,1H3. The molecule has 110 valence electrons. The van der Waals surface area contributed by atoms with Crippen molar-refractivity contribution < 1.29 is 9.50 Å². The average molecular weight is 298 g/mol. The summed E-state index contributed by atoms with van der Waals surface area (Å²) in [5.41, 5.74) is 0.713. The molecule has 1 aromatic carbocycles. The first-order chi connectivity index (χ1) is 9.56. The van der Waals surface area contributed by atoms with Gasteiger partial charge < -0.3 is 10.0 Å². The largest absolute Gasteiger partial charge is 0.392 e. The van der Waals surface area contributed by atoms with Crippen molar-refractivity contribution >= 4 is 11.6 Å². The predicted molar refractivity (Wildman–Crippen MR) is 78.4 cm³/mol. The third-order valence-electron chi connectivity index (χ3n) is 5.14. The summed E-state index contributed by atoms with van der Waals surface area (Å²) in [6, 6.07) is 6.03. The van der Waals surface area contributed by atoms with Gasteiger partial charge in [-0.05, 0) is 50.3 Å². The molecule has 2 fully saturated rings. The Morgan fingerprint density at radius 2 is 2.00 bits per heavy atom. The van der Waals surface area contributed by atoms with Crippen molar-refractivity contribution in [2.45, 2.75) is 50.3 Å². The van der Waals surface area contributed by atoms with E-state index < -0.39 is 11.9 Å². The molecule has 0 aliphatic carbocycles. The zero-order valence-corrected chi connectivity index (χ0v) is 12.5. The first-order valence-electron chi connectivity index (χ1n) is 7.39. The van der Waals surface area contributed by atoms with Gasteiger partial charge in [0.1, 0.15) is 5.82 Å². The molecular weight excluding hydrogens is 277 g/mol. The summed E-state index contributed by atoms with van der Waals surface area (Å²) >= 11 is 5.97. The van der Waals surface area contributed by atoms with Gasteiger partial charge in [-0.1, -0.05) is 23.7 Å². The second-order valence-electron chi connectivity index (χ2n) is 6.27. The highest BCUT2D eigenvalue weighted by Crippen LogP contribution is 2.39. The van der Waals surface area contributed by atoms with E-state index in [0.29, 0.717) is 30.0 Å². The van der Waals surface area contributed by atoms with E-state index in [1.807, 2.05) is 0 Å². The number of rotatable bonds is 3. The van der Waals surface area contributed by atoms with Crippen LogP contribution >= 0.6 is 11.6 Å². The molecule has 2 nitrogen and oxygen atoms in total. The van der Waals surface area contributed by atoms with E-state index in [1.165, 1.54) is 18.9 Å². The quantitative estimate of drug-likeness (QED) is 0.926. The minimum atomic E-state index is -0.425. The zero-order chi connectivity index (χ0) is 14.3. The average Bonchev–Trinajstić information content (AvgIpc) is 2.66. The first-order valence-corrected chi connectivity index (χ1v) is 7.77. The highest BCUT2D eigenvalue weighted by molar-refractivity contribution is 6.31. The molecule has 0 amide bonds. The van der Waals surface area contributed by atoms with E-state index in [2.05, 4.69) is 11.9 Å². The van der Waals surface area contributed by atoms with Crippen LogP contribution < -0.4 is 0 Å². The van der Waals surface area contributed by atoms with Crippen molar-refractivity contribution in [2.24, 2.45) is 5.92 Å². The Bertz CT molecular complexity index is 481. The Kier molecular flexibility index (Phi) is 4.02. The molecule has 0 radical (unpaired) electrons. The molecule has 3 unspecified atom stereocenters. The van der Waals surface area contributed by atoms with Gasteiger partial charge in [-0.15, -0.1) is 0 Å². The summed E-state index contributed by atoms with van der Waals surface area (Å²) in [5, 5.41) is 10.6. The van der Waals surface area contributed by atoms with E-state index in [1.54, 1.807) is 12.1 Å². The highest BCUT2D eigenvalue weighted by Gasteiger charge is 2.40. The van der Waals surface area contributed by atoms with Crippen molar-refractivity contribution in [1.29, 1.82) is 0 Å². The van der Waals surface area contributed by atoms with Crippen LogP contribution in [0.15, 0.2) is 18.2 Å². The van der Waals surface area contributed by atoms with Gasteiger partial charge in [-0.3, -0.25) is 0 Å². The normalized spacial score (nSPS) is 31.5. The minimum absolute atomic E-state index is 0.155. The van der Waals surface area contributed by atoms with Crippen LogP contribution in [-0.2, 0) is 6.42 Å². The van der Waals surface area contributed by atoms with Crippen molar-refractivity contribution in [3.8, 4) is 0 Å². The molecule has 2 aliphatic rings. The maximum absolute atomic E-state index is 13.4. The number of halogens is 2. The van der Waals surface area contributed by atoms with Gasteiger partial charge in [0, 0.05) is 18.5 Å². The molecule has 0 aromatic heterocycles. The lowest BCUT2D eigenvalue weighted by Crippen LogP contribution is -2.43. The van der Waals surface area contributed by atoms with Gasteiger partial charge >= 0.3 is 0 Å². The minimum Gasteiger partial charge on any atom is -0.392 e. The second kappa shape index (κ2) is 5.63. The lowest BCUT2D eigenvalue weighted by atomic mass is 9.84. The SMILES string of the molecule is CN1C2CCC1CC(C(O)Cc1cccc(F)c1Cl)C2. The van der Waals surface area contributed by atoms with Gasteiger partial charge in [-0.2, -0.15) is 0 Å². The third-order valence-corrected chi connectivity index (χ3v) is 5.56. The topological polar surface area (TPSA) is 23.5 Å². The van der Waals surface area contributed by atoms with Crippen LogP contribution in [0.3, 0.4) is 0 Å². The first kappa shape index (κ1) is 14.3. The lowest BCUT2D eigenvalue weighted by molar-refractivity contribution is 0.0368. The predicted octanol–water partition coefficient (Wildman–Crippen LogP) is 3.26. The van der Waals surface area contributed by atoms with Crippen LogP contribution in [0, 0.1) is 11.7 Å². The van der Waals surface area contributed by atoms with Gasteiger partial charge in [0.05, 0.1) is 11.1 Å². The third kappa shape index (κ3) is 2.59. The van der Waals surface area contributed by atoms with E-state index in [4.69, 9.17) is 11.6 Å². The number of aliphatic hydroxyl groups is 1. The van der Waals surface area contributed by atoms with Crippen molar-refractivity contribution in [3.63, 3.8) is 0 Å². The number of benzene rings is 1. The number of hydrogen-bond donors (Lipinski definition) is 1. The monoisotopic (exact) mass is 297 g/mol. The molecule has 4 heteroatoms. The number of piperidine rings is 1. The zero-order valence-electron chi connectivity index (χ0n) is 11.7. The Balaban J connectivity index is 1.68. The van der Waals surface area contributed by atoms with Crippen molar-refractivity contribution in [1.82, 2.24) is 4.90 Å². The maximum atomic E-state index is 13.4. The Morgan fingerprint density at radius 3 is 2.65 bits per heavy atom. The van der Waals surface area contributed by atoms with Crippen LogP contribution in [-0.4, -0.2) is 35.2 Å². The number of aliphatic hydroxyl groups excluding tert-OH is 1. The van der Waals surface area contributed by atoms with Gasteiger partial charge in [0.25, 0.3) is 0 Å². The lowest BCUT2D eigenvalue weighted by Gasteiger charge is -2.38. The summed E-state index contributed by atoms with van der Waals surface area (Å²) in [5.74, 6) is -0.0946. The number of fused-ring (bicyclic) bond motifs is 2. The molecule has 2 saturated heterocycles. The fourth-order valence-corrected chi connectivity index (χ4v) is 4.07. The smallest absolute Gasteiger partial charge is 0.142 e. The Morgan fingerprint density at radius 1 is 1.35 bits per heavy atom.